The van der Waals surface area contributed by atoms with E-state index in [4.69, 9.17) is 0 Å². The fourth-order valence-electron chi connectivity index (χ4n) is 8.42. The van der Waals surface area contributed by atoms with Crippen molar-refractivity contribution in [1.29, 1.82) is 0 Å². The summed E-state index contributed by atoms with van der Waals surface area (Å²) in [5.74, 6) is 1.14. The number of carbonyl (C=O) groups is 1. The highest BCUT2D eigenvalue weighted by atomic mass is 19.1. The molecule has 0 aromatic heterocycles. The lowest BCUT2D eigenvalue weighted by Gasteiger charge is -2.46. The zero-order valence-electron chi connectivity index (χ0n) is 22.4. The summed E-state index contributed by atoms with van der Waals surface area (Å²) < 4.78 is 15.6. The Kier molecular flexibility index (Phi) is 7.11. The number of quaternary nitrogens is 2. The molecule has 2 aromatic carbocycles. The second kappa shape index (κ2) is 10.5. The molecular weight excluding hydrogens is 461 g/mol. The van der Waals surface area contributed by atoms with Gasteiger partial charge in [0.25, 0.3) is 0 Å². The van der Waals surface area contributed by atoms with E-state index in [0.29, 0.717) is 29.8 Å². The summed E-state index contributed by atoms with van der Waals surface area (Å²) >= 11 is 0. The molecule has 3 heterocycles. The summed E-state index contributed by atoms with van der Waals surface area (Å²) in [5, 5.41) is 4.66. The van der Waals surface area contributed by atoms with E-state index < -0.39 is 5.41 Å². The lowest BCUT2D eigenvalue weighted by atomic mass is 9.69. The molecule has 5 heteroatoms. The van der Waals surface area contributed by atoms with Gasteiger partial charge in [-0.15, -0.1) is 0 Å². The van der Waals surface area contributed by atoms with E-state index in [-0.39, 0.29) is 11.7 Å². The Balaban J connectivity index is 1.33. The van der Waals surface area contributed by atoms with Gasteiger partial charge in [0.1, 0.15) is 17.2 Å². The lowest BCUT2D eigenvalue weighted by molar-refractivity contribution is -0.697. The van der Waals surface area contributed by atoms with Gasteiger partial charge in [-0.05, 0) is 61.6 Å². The zero-order chi connectivity index (χ0) is 25.4. The van der Waals surface area contributed by atoms with Gasteiger partial charge >= 0.3 is 0 Å². The molecule has 3 fully saturated rings. The van der Waals surface area contributed by atoms with Gasteiger partial charge in [-0.1, -0.05) is 61.7 Å². The molecule has 4 N–H and O–H groups in total. The van der Waals surface area contributed by atoms with Crippen molar-refractivity contribution in [3.63, 3.8) is 0 Å². The molecular formula is C32H44FN3O+2. The summed E-state index contributed by atoms with van der Waals surface area (Å²) in [6.45, 7) is 5.43. The lowest BCUT2D eigenvalue weighted by Crippen LogP contribution is -2.93. The van der Waals surface area contributed by atoms with E-state index in [1.165, 1.54) is 37.7 Å². The van der Waals surface area contributed by atoms with Crippen LogP contribution in [0.3, 0.4) is 0 Å². The Bertz CT molecular complexity index is 1100. The van der Waals surface area contributed by atoms with Gasteiger partial charge in [-0.2, -0.15) is 0 Å². The van der Waals surface area contributed by atoms with Crippen LogP contribution in [0.1, 0.15) is 74.5 Å². The SMILES string of the molecule is C[C@H]1Cc2cccc(F)c2[C@@]2(C[NH2+]C[C@H]2C(=O)N2CC[C@@H](c3ccccc3)C[C@H]2C2CCCCC2)C[NH2+]1. The zero-order valence-corrected chi connectivity index (χ0v) is 22.4. The van der Waals surface area contributed by atoms with Crippen molar-refractivity contribution in [2.75, 3.05) is 26.2 Å². The number of likely N-dealkylation sites (tertiary alicyclic amines) is 1. The monoisotopic (exact) mass is 505 g/mol. The summed E-state index contributed by atoms with van der Waals surface area (Å²) in [6.07, 6.45) is 9.32. The maximum atomic E-state index is 15.6. The maximum absolute atomic E-state index is 15.6. The molecule has 1 spiro atoms. The molecule has 1 amide bonds. The van der Waals surface area contributed by atoms with Crippen LogP contribution in [0, 0.1) is 17.7 Å². The van der Waals surface area contributed by atoms with E-state index >= 15 is 4.39 Å². The third-order valence-corrected chi connectivity index (χ3v) is 10.3. The van der Waals surface area contributed by atoms with Gasteiger partial charge in [-0.3, -0.25) is 4.79 Å². The number of nitrogens with two attached hydrogens (primary N) is 2. The van der Waals surface area contributed by atoms with Crippen LogP contribution in [0.25, 0.3) is 0 Å². The number of rotatable bonds is 3. The minimum absolute atomic E-state index is 0.111. The molecule has 2 aromatic rings. The first-order chi connectivity index (χ1) is 18.1. The van der Waals surface area contributed by atoms with Crippen LogP contribution >= 0.6 is 0 Å². The Morgan fingerprint density at radius 2 is 1.81 bits per heavy atom. The number of hydrogen-bond acceptors (Lipinski definition) is 1. The molecule has 3 aliphatic heterocycles. The Morgan fingerprint density at radius 1 is 1.00 bits per heavy atom. The van der Waals surface area contributed by atoms with Gasteiger partial charge in [0.2, 0.25) is 5.91 Å². The number of amides is 1. The molecule has 1 saturated carbocycles. The molecule has 4 aliphatic rings. The molecule has 0 bridgehead atoms. The van der Waals surface area contributed by atoms with E-state index in [9.17, 15) is 4.79 Å². The minimum Gasteiger partial charge on any atom is -0.345 e. The van der Waals surface area contributed by atoms with Crippen molar-refractivity contribution in [2.45, 2.75) is 81.7 Å². The fraction of sp³-hybridized carbons (Fsp3) is 0.594. The molecule has 2 saturated heterocycles. The number of halogens is 1. The molecule has 6 rings (SSSR count). The number of fused-ring (bicyclic) bond motifs is 2. The standard InChI is InChI=1S/C32H42FN3O/c1-22-17-26-13-8-14-28(33)30(26)32(21-35-22)20-34-19-27(32)31(37)36-16-15-25(23-9-4-2-5-10-23)18-29(36)24-11-6-3-7-12-24/h2,4-5,8-10,13-14,22,24-25,27,29,34-35H,3,6-7,11-12,15-21H2,1H3/p+2/t22-,25+,27-,29-,32-/m0/s1. The normalized spacial score (nSPS) is 32.8. The summed E-state index contributed by atoms with van der Waals surface area (Å²) in [7, 11) is 0. The van der Waals surface area contributed by atoms with Crippen molar-refractivity contribution < 1.29 is 19.8 Å². The summed E-state index contributed by atoms with van der Waals surface area (Å²) in [6, 6.07) is 17.2. The second-order valence-electron chi connectivity index (χ2n) is 12.5. The van der Waals surface area contributed by atoms with Gasteiger partial charge in [-0.25, -0.2) is 4.39 Å². The summed E-state index contributed by atoms with van der Waals surface area (Å²) in [5.41, 5.74) is 2.94. The maximum Gasteiger partial charge on any atom is 0.233 e. The average molecular weight is 506 g/mol. The minimum atomic E-state index is -0.435. The quantitative estimate of drug-likeness (QED) is 0.662. The first-order valence-electron chi connectivity index (χ1n) is 14.8. The molecule has 37 heavy (non-hydrogen) atoms. The van der Waals surface area contributed by atoms with Crippen LogP contribution in [0.5, 0.6) is 0 Å². The first-order valence-corrected chi connectivity index (χ1v) is 14.8. The molecule has 4 nitrogen and oxygen atoms in total. The van der Waals surface area contributed by atoms with Gasteiger partial charge in [0.05, 0.1) is 25.7 Å². The Hall–Kier alpha value is -2.24. The van der Waals surface area contributed by atoms with Crippen molar-refractivity contribution in [3.05, 3.63) is 71.0 Å². The van der Waals surface area contributed by atoms with Crippen LogP contribution in [0.4, 0.5) is 4.39 Å². The molecule has 0 unspecified atom stereocenters. The molecule has 0 radical (unpaired) electrons. The fourth-order valence-corrected chi connectivity index (χ4v) is 8.42. The number of carbonyl (C=O) groups excluding carboxylic acids is 1. The number of piperidine rings is 1. The molecule has 5 atom stereocenters. The van der Waals surface area contributed by atoms with E-state index in [1.807, 2.05) is 6.07 Å². The first kappa shape index (κ1) is 25.1. The largest absolute Gasteiger partial charge is 0.345 e. The van der Waals surface area contributed by atoms with Crippen molar-refractivity contribution >= 4 is 5.91 Å². The van der Waals surface area contributed by atoms with Crippen molar-refractivity contribution in [1.82, 2.24) is 4.90 Å². The van der Waals surface area contributed by atoms with Crippen molar-refractivity contribution in [3.8, 4) is 0 Å². The predicted molar refractivity (Wildman–Crippen MR) is 144 cm³/mol. The second-order valence-corrected chi connectivity index (χ2v) is 12.5. The van der Waals surface area contributed by atoms with E-state index in [1.54, 1.807) is 6.07 Å². The predicted octanol–water partition coefficient (Wildman–Crippen LogP) is 3.12. The number of benzene rings is 2. The van der Waals surface area contributed by atoms with Crippen molar-refractivity contribution in [2.24, 2.45) is 11.8 Å². The third-order valence-electron chi connectivity index (χ3n) is 10.3. The van der Waals surface area contributed by atoms with Crippen LogP contribution in [0.15, 0.2) is 48.5 Å². The van der Waals surface area contributed by atoms with Gasteiger partial charge < -0.3 is 15.5 Å². The van der Waals surface area contributed by atoms with E-state index in [0.717, 1.165) is 56.6 Å². The number of nitrogens with zero attached hydrogens (tertiary/aromatic N) is 1. The van der Waals surface area contributed by atoms with Crippen LogP contribution < -0.4 is 10.6 Å². The van der Waals surface area contributed by atoms with Crippen LogP contribution in [0.2, 0.25) is 0 Å². The highest BCUT2D eigenvalue weighted by Crippen LogP contribution is 2.43. The topological polar surface area (TPSA) is 53.5 Å². The smallest absolute Gasteiger partial charge is 0.233 e. The van der Waals surface area contributed by atoms with Gasteiger partial charge in [0.15, 0.2) is 0 Å². The highest BCUT2D eigenvalue weighted by Gasteiger charge is 2.57. The van der Waals surface area contributed by atoms with Crippen LogP contribution in [-0.2, 0) is 16.6 Å². The van der Waals surface area contributed by atoms with Gasteiger partial charge in [0, 0.05) is 24.6 Å². The van der Waals surface area contributed by atoms with Crippen LogP contribution in [-0.4, -0.2) is 49.1 Å². The molecule has 198 valence electrons. The average Bonchev–Trinajstić information content (AvgIpc) is 3.30. The summed E-state index contributed by atoms with van der Waals surface area (Å²) in [4.78, 5) is 17.0. The Morgan fingerprint density at radius 3 is 2.62 bits per heavy atom. The third kappa shape index (κ3) is 4.63. The van der Waals surface area contributed by atoms with E-state index in [2.05, 4.69) is 58.9 Å². The molecule has 1 aliphatic carbocycles. The number of hydrogen-bond donors (Lipinski definition) is 2. The highest BCUT2D eigenvalue weighted by molar-refractivity contribution is 5.82. The Labute approximate surface area is 221 Å².